The Balaban J connectivity index is 2.28. The number of sulfonamides is 1. The molecule has 0 spiro atoms. The largest absolute Gasteiger partial charge is 0.497 e. The lowest BCUT2D eigenvalue weighted by molar-refractivity contribution is -0.122. The fourth-order valence-electron chi connectivity index (χ4n) is 3.26. The van der Waals surface area contributed by atoms with E-state index in [2.05, 4.69) is 19.2 Å². The van der Waals surface area contributed by atoms with Crippen LogP contribution < -0.4 is 14.4 Å². The van der Waals surface area contributed by atoms with Crippen molar-refractivity contribution in [2.24, 2.45) is 5.92 Å². The molecule has 0 aliphatic rings. The molecule has 158 valence electrons. The van der Waals surface area contributed by atoms with E-state index in [0.29, 0.717) is 11.6 Å². The standard InChI is InChI=1S/C22H30N2O4S/c1-16(2)15-21(18-11-13-20(28-4)14-12-18)23-22(25)17(3)24(29(5,26)27)19-9-7-6-8-10-19/h6-14,16-17,21H,15H2,1-5H3,(H,23,25)/t17-,21-/m0/s1. The molecule has 2 atom stereocenters. The summed E-state index contributed by atoms with van der Waals surface area (Å²) < 4.78 is 31.2. The van der Waals surface area contributed by atoms with Gasteiger partial charge in [0, 0.05) is 0 Å². The Bertz CT molecular complexity index is 896. The number of hydrogen-bond donors (Lipinski definition) is 1. The smallest absolute Gasteiger partial charge is 0.244 e. The number of methoxy groups -OCH3 is 1. The number of rotatable bonds is 9. The van der Waals surface area contributed by atoms with Crippen LogP contribution in [0.3, 0.4) is 0 Å². The number of nitrogens with one attached hydrogen (secondary N) is 1. The van der Waals surface area contributed by atoms with E-state index in [9.17, 15) is 13.2 Å². The van der Waals surface area contributed by atoms with Gasteiger partial charge in [0.1, 0.15) is 11.8 Å². The number of anilines is 1. The minimum atomic E-state index is -3.64. The zero-order chi connectivity index (χ0) is 21.6. The number of carbonyl (C=O) groups excluding carboxylic acids is 1. The molecule has 2 rings (SSSR count). The first-order valence-electron chi connectivity index (χ1n) is 9.62. The molecule has 1 amide bonds. The quantitative estimate of drug-likeness (QED) is 0.673. The molecule has 0 aliphatic heterocycles. The van der Waals surface area contributed by atoms with Crippen molar-refractivity contribution in [3.8, 4) is 5.75 Å². The predicted molar refractivity (Wildman–Crippen MR) is 117 cm³/mol. The van der Waals surface area contributed by atoms with Gasteiger partial charge in [0.15, 0.2) is 0 Å². The van der Waals surface area contributed by atoms with Gasteiger partial charge in [-0.2, -0.15) is 0 Å². The van der Waals surface area contributed by atoms with E-state index in [1.165, 1.54) is 0 Å². The van der Waals surface area contributed by atoms with Crippen LogP contribution in [0.4, 0.5) is 5.69 Å². The third kappa shape index (κ3) is 6.22. The van der Waals surface area contributed by atoms with Crippen molar-refractivity contribution in [2.45, 2.75) is 39.3 Å². The van der Waals surface area contributed by atoms with Crippen molar-refractivity contribution >= 4 is 21.6 Å². The molecule has 0 saturated carbocycles. The summed E-state index contributed by atoms with van der Waals surface area (Å²) in [4.78, 5) is 13.1. The molecule has 2 aromatic carbocycles. The van der Waals surface area contributed by atoms with Crippen LogP contribution >= 0.6 is 0 Å². The molecule has 0 bridgehead atoms. The predicted octanol–water partition coefficient (Wildman–Crippen LogP) is 3.75. The number of hydrogen-bond acceptors (Lipinski definition) is 4. The van der Waals surface area contributed by atoms with E-state index in [1.807, 2.05) is 24.3 Å². The second kappa shape index (κ2) is 9.78. The molecule has 0 unspecified atom stereocenters. The van der Waals surface area contributed by atoms with E-state index in [-0.39, 0.29) is 11.9 Å². The summed E-state index contributed by atoms with van der Waals surface area (Å²) in [5, 5.41) is 3.04. The Labute approximate surface area is 173 Å². The van der Waals surface area contributed by atoms with Crippen LogP contribution in [0.5, 0.6) is 5.75 Å². The summed E-state index contributed by atoms with van der Waals surface area (Å²) in [6, 6.07) is 15.1. The highest BCUT2D eigenvalue weighted by Gasteiger charge is 2.30. The third-order valence-corrected chi connectivity index (χ3v) is 5.88. The Morgan fingerprint density at radius 2 is 1.62 bits per heavy atom. The summed E-state index contributed by atoms with van der Waals surface area (Å²) in [5.41, 5.74) is 1.41. The first kappa shape index (κ1) is 22.7. The fourth-order valence-corrected chi connectivity index (χ4v) is 4.44. The molecule has 0 heterocycles. The summed E-state index contributed by atoms with van der Waals surface area (Å²) in [7, 11) is -2.03. The minimum absolute atomic E-state index is 0.229. The molecular formula is C22H30N2O4S. The summed E-state index contributed by atoms with van der Waals surface area (Å²) in [6.45, 7) is 5.77. The Morgan fingerprint density at radius 1 is 1.03 bits per heavy atom. The topological polar surface area (TPSA) is 75.7 Å². The highest BCUT2D eigenvalue weighted by molar-refractivity contribution is 7.92. The Hall–Kier alpha value is -2.54. The van der Waals surface area contributed by atoms with Crippen molar-refractivity contribution in [1.29, 1.82) is 0 Å². The van der Waals surface area contributed by atoms with E-state index in [0.717, 1.165) is 28.3 Å². The second-order valence-corrected chi connectivity index (χ2v) is 9.39. The average molecular weight is 419 g/mol. The van der Waals surface area contributed by atoms with Gasteiger partial charge < -0.3 is 10.1 Å². The van der Waals surface area contributed by atoms with Gasteiger partial charge in [0.25, 0.3) is 0 Å². The molecule has 2 aromatic rings. The SMILES string of the molecule is COc1ccc([C@H](CC(C)C)NC(=O)[C@H](C)N(c2ccccc2)S(C)(=O)=O)cc1. The van der Waals surface area contributed by atoms with Crippen LogP contribution in [0.1, 0.15) is 38.8 Å². The van der Waals surface area contributed by atoms with Crippen LogP contribution in [0.25, 0.3) is 0 Å². The maximum Gasteiger partial charge on any atom is 0.244 e. The van der Waals surface area contributed by atoms with Gasteiger partial charge >= 0.3 is 0 Å². The van der Waals surface area contributed by atoms with E-state index in [1.54, 1.807) is 44.4 Å². The first-order chi connectivity index (χ1) is 13.6. The third-order valence-electron chi connectivity index (χ3n) is 4.64. The molecule has 6 nitrogen and oxygen atoms in total. The summed E-state index contributed by atoms with van der Waals surface area (Å²) in [6.07, 6.45) is 1.84. The molecule has 0 fully saturated rings. The molecule has 0 aromatic heterocycles. The highest BCUT2D eigenvalue weighted by atomic mass is 32.2. The Morgan fingerprint density at radius 3 is 2.10 bits per heavy atom. The number of benzene rings is 2. The monoisotopic (exact) mass is 418 g/mol. The van der Waals surface area contributed by atoms with Crippen LogP contribution in [-0.2, 0) is 14.8 Å². The number of ether oxygens (including phenoxy) is 1. The molecule has 1 N–H and O–H groups in total. The summed E-state index contributed by atoms with van der Waals surface area (Å²) in [5.74, 6) is 0.739. The fraction of sp³-hybridized carbons (Fsp3) is 0.409. The van der Waals surface area contributed by atoms with Crippen LogP contribution in [0.2, 0.25) is 0 Å². The number of carbonyl (C=O) groups is 1. The van der Waals surface area contributed by atoms with E-state index in [4.69, 9.17) is 4.74 Å². The molecule has 0 saturated heterocycles. The van der Waals surface area contributed by atoms with Gasteiger partial charge in [-0.05, 0) is 49.1 Å². The van der Waals surface area contributed by atoms with Crippen molar-refractivity contribution in [2.75, 3.05) is 17.7 Å². The lowest BCUT2D eigenvalue weighted by Crippen LogP contribution is -2.48. The van der Waals surface area contributed by atoms with E-state index < -0.39 is 16.1 Å². The average Bonchev–Trinajstić information content (AvgIpc) is 2.67. The molecule has 29 heavy (non-hydrogen) atoms. The summed E-state index contributed by atoms with van der Waals surface area (Å²) >= 11 is 0. The second-order valence-electron chi connectivity index (χ2n) is 7.53. The molecular weight excluding hydrogens is 388 g/mol. The van der Waals surface area contributed by atoms with Crippen LogP contribution in [0.15, 0.2) is 54.6 Å². The molecule has 0 radical (unpaired) electrons. The van der Waals surface area contributed by atoms with Gasteiger partial charge in [0.2, 0.25) is 15.9 Å². The minimum Gasteiger partial charge on any atom is -0.497 e. The van der Waals surface area contributed by atoms with Crippen molar-refractivity contribution in [3.63, 3.8) is 0 Å². The maximum absolute atomic E-state index is 13.1. The normalized spacial score (nSPS) is 13.6. The number of nitrogens with zero attached hydrogens (tertiary/aromatic N) is 1. The lowest BCUT2D eigenvalue weighted by atomic mass is 9.96. The van der Waals surface area contributed by atoms with Crippen molar-refractivity contribution < 1.29 is 17.9 Å². The number of para-hydroxylation sites is 1. The van der Waals surface area contributed by atoms with Gasteiger partial charge in [-0.15, -0.1) is 0 Å². The van der Waals surface area contributed by atoms with Gasteiger partial charge in [-0.1, -0.05) is 44.2 Å². The van der Waals surface area contributed by atoms with E-state index >= 15 is 0 Å². The van der Waals surface area contributed by atoms with Crippen molar-refractivity contribution in [1.82, 2.24) is 5.32 Å². The first-order valence-corrected chi connectivity index (χ1v) is 11.5. The Kier molecular flexibility index (Phi) is 7.67. The molecule has 0 aliphatic carbocycles. The zero-order valence-corrected chi connectivity index (χ0v) is 18.4. The number of amides is 1. The van der Waals surface area contributed by atoms with Crippen molar-refractivity contribution in [3.05, 3.63) is 60.2 Å². The van der Waals surface area contributed by atoms with Gasteiger partial charge in [-0.25, -0.2) is 8.42 Å². The highest BCUT2D eigenvalue weighted by Crippen LogP contribution is 2.25. The lowest BCUT2D eigenvalue weighted by Gasteiger charge is -2.30. The zero-order valence-electron chi connectivity index (χ0n) is 17.6. The molecule has 7 heteroatoms. The van der Waals surface area contributed by atoms with Gasteiger partial charge in [0.05, 0.1) is 25.1 Å². The van der Waals surface area contributed by atoms with Crippen LogP contribution in [-0.4, -0.2) is 33.7 Å². The maximum atomic E-state index is 13.1. The van der Waals surface area contributed by atoms with Crippen LogP contribution in [0, 0.1) is 5.92 Å². The van der Waals surface area contributed by atoms with Gasteiger partial charge in [-0.3, -0.25) is 9.10 Å².